The number of hydrogen-bond acceptors (Lipinski definition) is 9. The molecule has 11 nitrogen and oxygen atoms in total. The van der Waals surface area contributed by atoms with Crippen LogP contribution in [-0.2, 0) is 27.4 Å². The summed E-state index contributed by atoms with van der Waals surface area (Å²) in [6, 6.07) is 19.2. The standard InChI is InChI=1S/C31H27N5O6/c32-12-19-1-4-25-26(7-19)36(34-33-25)30(37)35-15-31(16-35)10-24(11-31)42-29(20-2-5-27-22(8-20)13-38-17-40-27)21-3-6-28-23(9-21)14-39-18-41-28/h1-9,24,29H,10-11,13-18H2. The maximum atomic E-state index is 13.2. The Balaban J connectivity index is 0.984. The third-order valence-electron chi connectivity index (χ3n) is 8.61. The van der Waals surface area contributed by atoms with Crippen molar-refractivity contribution in [2.45, 2.75) is 38.3 Å². The van der Waals surface area contributed by atoms with Crippen molar-refractivity contribution in [1.82, 2.24) is 19.9 Å². The molecule has 3 aromatic carbocycles. The molecule has 11 heteroatoms. The number of nitrogens with zero attached hydrogens (tertiary/aromatic N) is 5. The Morgan fingerprint density at radius 3 is 2.26 bits per heavy atom. The summed E-state index contributed by atoms with van der Waals surface area (Å²) < 4.78 is 30.4. The van der Waals surface area contributed by atoms with Crippen LogP contribution in [0.15, 0.2) is 54.6 Å². The van der Waals surface area contributed by atoms with Crippen LogP contribution in [-0.4, -0.2) is 58.7 Å². The molecule has 2 fully saturated rings. The SMILES string of the molecule is N#Cc1ccc2nnn(C(=O)N3CC4(CC(OC(c5ccc6c(c5)COCO6)c5ccc6c(c5)COCO6)C4)C3)c2c1. The predicted octanol–water partition coefficient (Wildman–Crippen LogP) is 4.27. The third kappa shape index (κ3) is 4.27. The van der Waals surface area contributed by atoms with Crippen molar-refractivity contribution in [3.05, 3.63) is 82.4 Å². The molecule has 4 aromatic rings. The third-order valence-corrected chi connectivity index (χ3v) is 8.61. The van der Waals surface area contributed by atoms with Gasteiger partial charge in [0.05, 0.1) is 31.0 Å². The van der Waals surface area contributed by atoms with E-state index >= 15 is 0 Å². The lowest BCUT2D eigenvalue weighted by Crippen LogP contribution is -2.66. The fourth-order valence-electron chi connectivity index (χ4n) is 6.51. The van der Waals surface area contributed by atoms with E-state index in [2.05, 4.69) is 40.6 Å². The Labute approximate surface area is 241 Å². The predicted molar refractivity (Wildman–Crippen MR) is 146 cm³/mol. The Bertz CT molecular complexity index is 1690. The van der Waals surface area contributed by atoms with Crippen molar-refractivity contribution in [3.63, 3.8) is 0 Å². The smallest absolute Gasteiger partial charge is 0.346 e. The monoisotopic (exact) mass is 565 g/mol. The molecule has 0 bridgehead atoms. The van der Waals surface area contributed by atoms with Gasteiger partial charge in [0.15, 0.2) is 13.6 Å². The molecule has 0 N–H and O–H groups in total. The second-order valence-corrected chi connectivity index (χ2v) is 11.5. The lowest BCUT2D eigenvalue weighted by molar-refractivity contribution is -0.152. The van der Waals surface area contributed by atoms with Crippen molar-refractivity contribution in [2.75, 3.05) is 26.7 Å². The summed E-state index contributed by atoms with van der Waals surface area (Å²) in [5.74, 6) is 1.67. The molecule has 8 rings (SSSR count). The van der Waals surface area contributed by atoms with Crippen LogP contribution >= 0.6 is 0 Å². The molecule has 0 atom stereocenters. The Kier molecular flexibility index (Phi) is 5.89. The second-order valence-electron chi connectivity index (χ2n) is 11.5. The first-order valence-corrected chi connectivity index (χ1v) is 13.9. The van der Waals surface area contributed by atoms with Crippen LogP contribution in [0.3, 0.4) is 0 Å². The molecule has 1 aromatic heterocycles. The quantitative estimate of drug-likeness (QED) is 0.357. The first-order valence-electron chi connectivity index (χ1n) is 13.9. The minimum absolute atomic E-state index is 0.0359. The van der Waals surface area contributed by atoms with E-state index in [1.807, 2.05) is 12.1 Å². The largest absolute Gasteiger partial charge is 0.467 e. The number of likely N-dealkylation sites (tertiary alicyclic amines) is 1. The highest BCUT2D eigenvalue weighted by Gasteiger charge is 2.55. The fourth-order valence-corrected chi connectivity index (χ4v) is 6.51. The van der Waals surface area contributed by atoms with Crippen molar-refractivity contribution in [3.8, 4) is 17.6 Å². The Morgan fingerprint density at radius 2 is 1.62 bits per heavy atom. The van der Waals surface area contributed by atoms with Crippen LogP contribution in [0.4, 0.5) is 4.79 Å². The average molecular weight is 566 g/mol. The fraction of sp³-hybridized carbons (Fsp3) is 0.355. The maximum absolute atomic E-state index is 13.2. The van der Waals surface area contributed by atoms with Gasteiger partial charge in [-0.3, -0.25) is 0 Å². The van der Waals surface area contributed by atoms with Crippen LogP contribution < -0.4 is 9.47 Å². The molecule has 4 heterocycles. The zero-order valence-corrected chi connectivity index (χ0v) is 22.7. The molecule has 1 spiro atoms. The minimum atomic E-state index is -0.291. The number of carbonyl (C=O) groups is 1. The van der Waals surface area contributed by atoms with Gasteiger partial charge in [0, 0.05) is 29.6 Å². The molecule has 0 radical (unpaired) electrons. The summed E-state index contributed by atoms with van der Waals surface area (Å²) in [6.45, 7) is 2.78. The molecule has 1 amide bonds. The summed E-state index contributed by atoms with van der Waals surface area (Å²) in [5.41, 5.74) is 5.68. The van der Waals surface area contributed by atoms with Crippen LogP contribution in [0.2, 0.25) is 0 Å². The summed E-state index contributed by atoms with van der Waals surface area (Å²) >= 11 is 0. The van der Waals surface area contributed by atoms with E-state index < -0.39 is 0 Å². The number of fused-ring (bicyclic) bond motifs is 3. The van der Waals surface area contributed by atoms with Gasteiger partial charge in [-0.25, -0.2) is 4.79 Å². The molecule has 42 heavy (non-hydrogen) atoms. The number of aromatic nitrogens is 3. The van der Waals surface area contributed by atoms with E-state index in [4.69, 9.17) is 23.7 Å². The van der Waals surface area contributed by atoms with E-state index in [0.29, 0.717) is 42.9 Å². The van der Waals surface area contributed by atoms with Crippen molar-refractivity contribution in [1.29, 1.82) is 5.26 Å². The zero-order valence-electron chi connectivity index (χ0n) is 22.7. The summed E-state index contributed by atoms with van der Waals surface area (Å²) in [6.07, 6.45) is 1.47. The number of nitriles is 1. The molecule has 1 saturated carbocycles. The minimum Gasteiger partial charge on any atom is -0.467 e. The normalized spacial score (nSPS) is 18.8. The van der Waals surface area contributed by atoms with Crippen molar-refractivity contribution in [2.24, 2.45) is 5.41 Å². The van der Waals surface area contributed by atoms with Gasteiger partial charge in [0.2, 0.25) is 0 Å². The number of benzene rings is 3. The lowest BCUT2D eigenvalue weighted by Gasteiger charge is -2.58. The molecule has 4 aliphatic rings. The van der Waals surface area contributed by atoms with Gasteiger partial charge in [-0.2, -0.15) is 9.94 Å². The van der Waals surface area contributed by atoms with Gasteiger partial charge in [-0.05, 0) is 66.4 Å². The number of hydrogen-bond donors (Lipinski definition) is 0. The molecule has 1 saturated heterocycles. The van der Waals surface area contributed by atoms with E-state index in [1.165, 1.54) is 4.68 Å². The first-order chi connectivity index (χ1) is 20.6. The van der Waals surface area contributed by atoms with E-state index in [-0.39, 0.29) is 37.2 Å². The van der Waals surface area contributed by atoms with Crippen molar-refractivity contribution < 1.29 is 28.5 Å². The highest BCUT2D eigenvalue weighted by Crippen LogP contribution is 2.51. The molecule has 0 unspecified atom stereocenters. The van der Waals surface area contributed by atoms with Gasteiger partial charge >= 0.3 is 6.03 Å². The number of ether oxygens (including phenoxy) is 5. The van der Waals surface area contributed by atoms with E-state index in [9.17, 15) is 10.1 Å². The molecular formula is C31H27N5O6. The van der Waals surface area contributed by atoms with E-state index in [1.54, 1.807) is 23.1 Å². The van der Waals surface area contributed by atoms with Crippen LogP contribution in [0.5, 0.6) is 11.5 Å². The highest BCUT2D eigenvalue weighted by atomic mass is 16.7. The van der Waals surface area contributed by atoms with Gasteiger partial charge in [0.25, 0.3) is 0 Å². The Hall–Kier alpha value is -4.50. The van der Waals surface area contributed by atoms with Gasteiger partial charge in [0.1, 0.15) is 28.6 Å². The van der Waals surface area contributed by atoms with E-state index in [0.717, 1.165) is 46.6 Å². The topological polar surface area (TPSA) is 121 Å². The van der Waals surface area contributed by atoms with Crippen molar-refractivity contribution >= 4 is 17.1 Å². The van der Waals surface area contributed by atoms with Gasteiger partial charge in [-0.1, -0.05) is 17.3 Å². The number of rotatable bonds is 4. The van der Waals surface area contributed by atoms with Crippen LogP contribution in [0.1, 0.15) is 46.8 Å². The van der Waals surface area contributed by atoms with Gasteiger partial charge < -0.3 is 28.6 Å². The summed E-state index contributed by atoms with van der Waals surface area (Å²) in [4.78, 5) is 15.0. The van der Waals surface area contributed by atoms with Crippen LogP contribution in [0, 0.1) is 16.7 Å². The zero-order chi connectivity index (χ0) is 28.3. The average Bonchev–Trinajstić information content (AvgIpc) is 3.42. The molecule has 1 aliphatic carbocycles. The summed E-state index contributed by atoms with van der Waals surface area (Å²) in [7, 11) is 0. The molecular weight excluding hydrogens is 538 g/mol. The highest BCUT2D eigenvalue weighted by molar-refractivity contribution is 5.88. The molecule has 212 valence electrons. The lowest BCUT2D eigenvalue weighted by atomic mass is 9.62. The molecule has 3 aliphatic heterocycles. The summed E-state index contributed by atoms with van der Waals surface area (Å²) in [5, 5.41) is 17.4. The number of amides is 1. The first kappa shape index (κ1) is 25.2. The van der Waals surface area contributed by atoms with Gasteiger partial charge in [-0.15, -0.1) is 5.10 Å². The number of carbonyl (C=O) groups excluding carboxylic acids is 1. The van der Waals surface area contributed by atoms with Crippen LogP contribution in [0.25, 0.3) is 11.0 Å². The Morgan fingerprint density at radius 1 is 0.952 bits per heavy atom. The second kappa shape index (κ2) is 9.80. The maximum Gasteiger partial charge on any atom is 0.346 e.